The zero-order valence-corrected chi connectivity index (χ0v) is 6.22. The molecule has 0 bridgehead atoms. The van der Waals surface area contributed by atoms with Crippen LogP contribution >= 0.6 is 0 Å². The number of hydrogen-bond acceptors (Lipinski definition) is 2. The monoisotopic (exact) mass is 140 g/mol. The summed E-state index contributed by atoms with van der Waals surface area (Å²) < 4.78 is 4.79. The average Bonchev–Trinajstić information content (AvgIpc) is 2.15. The summed E-state index contributed by atoms with van der Waals surface area (Å²) in [7, 11) is 0. The third kappa shape index (κ3) is 1.59. The SMILES string of the molecule is C=C(C)CC1CCOC1=O. The van der Waals surface area contributed by atoms with Crippen molar-refractivity contribution in [3.05, 3.63) is 12.2 Å². The van der Waals surface area contributed by atoms with Gasteiger partial charge < -0.3 is 4.74 Å². The largest absolute Gasteiger partial charge is 0.465 e. The quantitative estimate of drug-likeness (QED) is 0.429. The minimum Gasteiger partial charge on any atom is -0.465 e. The summed E-state index contributed by atoms with van der Waals surface area (Å²) in [6.07, 6.45) is 1.66. The van der Waals surface area contributed by atoms with Crippen molar-refractivity contribution in [1.82, 2.24) is 0 Å². The maximum Gasteiger partial charge on any atom is 0.309 e. The molecule has 56 valence electrons. The zero-order valence-electron chi connectivity index (χ0n) is 6.22. The van der Waals surface area contributed by atoms with Gasteiger partial charge in [-0.15, -0.1) is 6.58 Å². The fraction of sp³-hybridized carbons (Fsp3) is 0.625. The zero-order chi connectivity index (χ0) is 7.56. The first-order valence-corrected chi connectivity index (χ1v) is 3.51. The highest BCUT2D eigenvalue weighted by molar-refractivity contribution is 5.74. The highest BCUT2D eigenvalue weighted by Crippen LogP contribution is 2.20. The molecule has 1 heterocycles. The van der Waals surface area contributed by atoms with E-state index in [1.807, 2.05) is 6.92 Å². The van der Waals surface area contributed by atoms with Crippen molar-refractivity contribution in [1.29, 1.82) is 0 Å². The molecular weight excluding hydrogens is 128 g/mol. The van der Waals surface area contributed by atoms with E-state index < -0.39 is 0 Å². The molecule has 0 radical (unpaired) electrons. The minimum atomic E-state index is -0.0528. The number of cyclic esters (lactones) is 1. The number of carbonyl (C=O) groups is 1. The van der Waals surface area contributed by atoms with Crippen molar-refractivity contribution in [2.75, 3.05) is 6.61 Å². The predicted molar refractivity (Wildman–Crippen MR) is 38.5 cm³/mol. The Kier molecular flexibility index (Phi) is 2.10. The molecule has 1 fully saturated rings. The lowest BCUT2D eigenvalue weighted by molar-refractivity contribution is -0.141. The normalized spacial score (nSPS) is 24.5. The number of esters is 1. The molecule has 0 aromatic carbocycles. The maximum absolute atomic E-state index is 10.8. The van der Waals surface area contributed by atoms with Crippen molar-refractivity contribution in [3.8, 4) is 0 Å². The number of rotatable bonds is 2. The van der Waals surface area contributed by atoms with Gasteiger partial charge in [-0.1, -0.05) is 5.57 Å². The second-order valence-corrected chi connectivity index (χ2v) is 2.81. The van der Waals surface area contributed by atoms with Crippen molar-refractivity contribution < 1.29 is 9.53 Å². The lowest BCUT2D eigenvalue weighted by Gasteiger charge is -2.02. The fourth-order valence-electron chi connectivity index (χ4n) is 1.14. The van der Waals surface area contributed by atoms with Gasteiger partial charge in [0.2, 0.25) is 0 Å². The van der Waals surface area contributed by atoms with Gasteiger partial charge in [0.05, 0.1) is 12.5 Å². The van der Waals surface area contributed by atoms with E-state index in [4.69, 9.17) is 4.74 Å². The number of allylic oxidation sites excluding steroid dienone is 1. The van der Waals surface area contributed by atoms with Crippen LogP contribution < -0.4 is 0 Å². The summed E-state index contributed by atoms with van der Waals surface area (Å²) >= 11 is 0. The van der Waals surface area contributed by atoms with Gasteiger partial charge in [0.15, 0.2) is 0 Å². The third-order valence-electron chi connectivity index (χ3n) is 1.64. The molecule has 0 aromatic rings. The molecular formula is C8H12O2. The Hall–Kier alpha value is -0.790. The topological polar surface area (TPSA) is 26.3 Å². The lowest BCUT2D eigenvalue weighted by Crippen LogP contribution is -2.07. The Morgan fingerprint density at radius 3 is 3.00 bits per heavy atom. The molecule has 1 atom stereocenters. The van der Waals surface area contributed by atoms with E-state index in [1.54, 1.807) is 0 Å². The van der Waals surface area contributed by atoms with Crippen LogP contribution in [-0.4, -0.2) is 12.6 Å². The molecule has 0 amide bonds. The molecule has 1 aliphatic rings. The molecule has 10 heavy (non-hydrogen) atoms. The molecule has 0 saturated carbocycles. The third-order valence-corrected chi connectivity index (χ3v) is 1.64. The molecule has 1 saturated heterocycles. The van der Waals surface area contributed by atoms with E-state index in [0.29, 0.717) is 6.61 Å². The Morgan fingerprint density at radius 1 is 1.90 bits per heavy atom. The summed E-state index contributed by atoms with van der Waals surface area (Å²) in [6, 6.07) is 0. The Morgan fingerprint density at radius 2 is 2.60 bits per heavy atom. The van der Waals surface area contributed by atoms with E-state index in [2.05, 4.69) is 6.58 Å². The first-order chi connectivity index (χ1) is 4.70. The Labute approximate surface area is 60.9 Å². The van der Waals surface area contributed by atoms with Crippen LogP contribution in [0.2, 0.25) is 0 Å². The number of carbonyl (C=O) groups excluding carboxylic acids is 1. The molecule has 0 aromatic heterocycles. The van der Waals surface area contributed by atoms with E-state index in [-0.39, 0.29) is 11.9 Å². The molecule has 0 aliphatic carbocycles. The van der Waals surface area contributed by atoms with Gasteiger partial charge in [0.25, 0.3) is 0 Å². The molecule has 2 heteroatoms. The van der Waals surface area contributed by atoms with E-state index in [1.165, 1.54) is 0 Å². The van der Waals surface area contributed by atoms with Gasteiger partial charge in [0.1, 0.15) is 0 Å². The van der Waals surface area contributed by atoms with Crippen LogP contribution in [0.15, 0.2) is 12.2 Å². The van der Waals surface area contributed by atoms with E-state index in [0.717, 1.165) is 18.4 Å². The van der Waals surface area contributed by atoms with Gasteiger partial charge in [-0.05, 0) is 19.8 Å². The minimum absolute atomic E-state index is 0.0528. The van der Waals surface area contributed by atoms with Crippen LogP contribution in [0, 0.1) is 5.92 Å². The van der Waals surface area contributed by atoms with Crippen LogP contribution in [0.25, 0.3) is 0 Å². The first kappa shape index (κ1) is 7.32. The highest BCUT2D eigenvalue weighted by atomic mass is 16.5. The number of ether oxygens (including phenoxy) is 1. The number of hydrogen-bond donors (Lipinski definition) is 0. The van der Waals surface area contributed by atoms with Crippen molar-refractivity contribution in [2.45, 2.75) is 19.8 Å². The summed E-state index contributed by atoms with van der Waals surface area (Å²) in [5, 5.41) is 0. The average molecular weight is 140 g/mol. The summed E-state index contributed by atoms with van der Waals surface area (Å²) in [5.41, 5.74) is 1.06. The van der Waals surface area contributed by atoms with Crippen LogP contribution in [0.5, 0.6) is 0 Å². The van der Waals surface area contributed by atoms with Gasteiger partial charge in [-0.2, -0.15) is 0 Å². The van der Waals surface area contributed by atoms with E-state index in [9.17, 15) is 4.79 Å². The molecule has 2 nitrogen and oxygen atoms in total. The van der Waals surface area contributed by atoms with Crippen molar-refractivity contribution in [3.63, 3.8) is 0 Å². The van der Waals surface area contributed by atoms with Gasteiger partial charge in [0, 0.05) is 0 Å². The highest BCUT2D eigenvalue weighted by Gasteiger charge is 2.25. The van der Waals surface area contributed by atoms with Crippen LogP contribution in [0.3, 0.4) is 0 Å². The summed E-state index contributed by atoms with van der Waals surface area (Å²) in [6.45, 7) is 6.28. The predicted octanol–water partition coefficient (Wildman–Crippen LogP) is 1.52. The van der Waals surface area contributed by atoms with E-state index >= 15 is 0 Å². The van der Waals surface area contributed by atoms with Crippen LogP contribution in [-0.2, 0) is 9.53 Å². The molecule has 0 N–H and O–H groups in total. The van der Waals surface area contributed by atoms with Gasteiger partial charge in [-0.3, -0.25) is 4.79 Å². The van der Waals surface area contributed by atoms with Crippen molar-refractivity contribution in [2.24, 2.45) is 5.92 Å². The standard InChI is InChI=1S/C8H12O2/c1-6(2)5-7-3-4-10-8(7)9/h7H,1,3-5H2,2H3. The second kappa shape index (κ2) is 2.86. The first-order valence-electron chi connectivity index (χ1n) is 3.51. The maximum atomic E-state index is 10.8. The molecule has 1 rings (SSSR count). The van der Waals surface area contributed by atoms with Crippen molar-refractivity contribution >= 4 is 5.97 Å². The smallest absolute Gasteiger partial charge is 0.309 e. The molecule has 1 unspecified atom stereocenters. The molecule has 1 aliphatic heterocycles. The lowest BCUT2D eigenvalue weighted by atomic mass is 10.0. The Balaban J connectivity index is 2.40. The summed E-state index contributed by atoms with van der Waals surface area (Å²) in [4.78, 5) is 10.8. The van der Waals surface area contributed by atoms with Gasteiger partial charge >= 0.3 is 5.97 Å². The fourth-order valence-corrected chi connectivity index (χ4v) is 1.14. The summed E-state index contributed by atoms with van der Waals surface area (Å²) in [5.74, 6) is 0.0421. The second-order valence-electron chi connectivity index (χ2n) is 2.81. The van der Waals surface area contributed by atoms with Gasteiger partial charge in [-0.25, -0.2) is 0 Å². The molecule has 0 spiro atoms. The van der Waals surface area contributed by atoms with Crippen LogP contribution in [0.4, 0.5) is 0 Å². The Bertz CT molecular complexity index is 161. The van der Waals surface area contributed by atoms with Crippen LogP contribution in [0.1, 0.15) is 19.8 Å².